The zero-order valence-corrected chi connectivity index (χ0v) is 17.5. The van der Waals surface area contributed by atoms with Crippen molar-refractivity contribution in [3.8, 4) is 5.75 Å². The largest absolute Gasteiger partial charge is 0.494 e. The lowest BCUT2D eigenvalue weighted by molar-refractivity contribution is -0.116. The highest BCUT2D eigenvalue weighted by Crippen LogP contribution is 2.22. The van der Waals surface area contributed by atoms with Crippen molar-refractivity contribution in [2.24, 2.45) is 0 Å². The fourth-order valence-corrected chi connectivity index (χ4v) is 4.68. The third kappa shape index (κ3) is 5.27. The Morgan fingerprint density at radius 1 is 1.03 bits per heavy atom. The average molecular weight is 418 g/mol. The van der Waals surface area contributed by atoms with Crippen molar-refractivity contribution in [1.82, 2.24) is 4.31 Å². The normalized spacial score (nSPS) is 15.7. The second-order valence-electron chi connectivity index (χ2n) is 6.95. The number of benzene rings is 2. The van der Waals surface area contributed by atoms with Gasteiger partial charge in [0.2, 0.25) is 15.9 Å². The summed E-state index contributed by atoms with van der Waals surface area (Å²) in [6.07, 6.45) is 1.79. The molecule has 0 saturated carbocycles. The molecule has 0 unspecified atom stereocenters. The Morgan fingerprint density at radius 2 is 1.62 bits per heavy atom. The summed E-state index contributed by atoms with van der Waals surface area (Å²) in [7, 11) is -3.45. The fourth-order valence-electron chi connectivity index (χ4n) is 3.17. The summed E-state index contributed by atoms with van der Waals surface area (Å²) in [6, 6.07) is 13.2. The Kier molecular flexibility index (Phi) is 6.76. The van der Waals surface area contributed by atoms with Gasteiger partial charge in [-0.05, 0) is 75.2 Å². The lowest BCUT2D eigenvalue weighted by Gasteiger charge is -2.17. The number of sulfonamides is 1. The number of nitrogens with zero attached hydrogens (tertiary/aromatic N) is 1. The lowest BCUT2D eigenvalue weighted by Crippen LogP contribution is -2.32. The Hall–Kier alpha value is -2.58. The zero-order valence-electron chi connectivity index (χ0n) is 16.7. The fraction of sp³-hybridized carbons (Fsp3) is 0.381. The third-order valence-corrected chi connectivity index (χ3v) is 6.68. The molecule has 7 nitrogen and oxygen atoms in total. The number of ether oxygens (including phenoxy) is 1. The first kappa shape index (κ1) is 21.1. The first-order valence-corrected chi connectivity index (χ1v) is 11.2. The predicted octanol–water partition coefficient (Wildman–Crippen LogP) is 3.31. The number of hydrogen-bond acceptors (Lipinski definition) is 5. The van der Waals surface area contributed by atoms with Crippen LogP contribution in [0, 0.1) is 0 Å². The molecule has 2 N–H and O–H groups in total. The summed E-state index contributed by atoms with van der Waals surface area (Å²) >= 11 is 0. The molecule has 1 aliphatic rings. The molecular formula is C21H27N3O4S. The maximum absolute atomic E-state index is 12.6. The molecule has 1 heterocycles. The van der Waals surface area contributed by atoms with Crippen LogP contribution in [-0.2, 0) is 14.8 Å². The highest BCUT2D eigenvalue weighted by atomic mass is 32.2. The smallest absolute Gasteiger partial charge is 0.246 e. The first-order valence-electron chi connectivity index (χ1n) is 9.80. The van der Waals surface area contributed by atoms with Gasteiger partial charge in [-0.1, -0.05) is 0 Å². The van der Waals surface area contributed by atoms with Crippen LogP contribution in [0.25, 0.3) is 0 Å². The monoisotopic (exact) mass is 417 g/mol. The highest BCUT2D eigenvalue weighted by Gasteiger charge is 2.27. The van der Waals surface area contributed by atoms with Crippen LogP contribution >= 0.6 is 0 Å². The topological polar surface area (TPSA) is 87.7 Å². The number of hydrogen-bond donors (Lipinski definition) is 2. The molecule has 0 spiro atoms. The molecule has 0 aliphatic carbocycles. The van der Waals surface area contributed by atoms with E-state index in [0.717, 1.165) is 24.3 Å². The maximum atomic E-state index is 12.6. The zero-order chi connectivity index (χ0) is 20.9. The minimum atomic E-state index is -3.45. The predicted molar refractivity (Wildman–Crippen MR) is 114 cm³/mol. The molecule has 1 aliphatic heterocycles. The molecule has 2 aromatic rings. The number of anilines is 2. The first-order chi connectivity index (χ1) is 13.9. The van der Waals surface area contributed by atoms with E-state index in [9.17, 15) is 13.2 Å². The van der Waals surface area contributed by atoms with Crippen LogP contribution in [-0.4, -0.2) is 44.4 Å². The summed E-state index contributed by atoms with van der Waals surface area (Å²) in [6.45, 7) is 5.42. The SMILES string of the molecule is CCOc1ccc(N[C@@H](C)C(=O)Nc2ccc(S(=O)(=O)N3CCCC3)cc2)cc1. The van der Waals surface area contributed by atoms with Gasteiger partial charge in [-0.25, -0.2) is 8.42 Å². The number of carbonyl (C=O) groups excluding carboxylic acids is 1. The van der Waals surface area contributed by atoms with Crippen LogP contribution in [0.3, 0.4) is 0 Å². The van der Waals surface area contributed by atoms with E-state index in [1.165, 1.54) is 16.4 Å². The van der Waals surface area contributed by atoms with Crippen LogP contribution in [0.15, 0.2) is 53.4 Å². The van der Waals surface area contributed by atoms with Crippen LogP contribution < -0.4 is 15.4 Å². The molecule has 0 bridgehead atoms. The van der Waals surface area contributed by atoms with E-state index in [1.807, 2.05) is 31.2 Å². The summed E-state index contributed by atoms with van der Waals surface area (Å²) in [4.78, 5) is 12.7. The molecule has 1 amide bonds. The van der Waals surface area contributed by atoms with E-state index < -0.39 is 16.1 Å². The van der Waals surface area contributed by atoms with Crippen LogP contribution in [0.4, 0.5) is 11.4 Å². The molecule has 1 atom stereocenters. The number of carbonyl (C=O) groups is 1. The van der Waals surface area contributed by atoms with Crippen LogP contribution in [0.1, 0.15) is 26.7 Å². The molecular weight excluding hydrogens is 390 g/mol. The standard InChI is InChI=1S/C21H27N3O4S/c1-3-28-19-10-6-17(7-11-19)22-16(2)21(25)23-18-8-12-20(13-9-18)29(26,27)24-14-4-5-15-24/h6-13,16,22H,3-5,14-15H2,1-2H3,(H,23,25)/t16-/m0/s1. The highest BCUT2D eigenvalue weighted by molar-refractivity contribution is 7.89. The Balaban J connectivity index is 1.58. The van der Waals surface area contributed by atoms with Gasteiger partial charge in [0.1, 0.15) is 11.8 Å². The molecule has 3 rings (SSSR count). The minimum absolute atomic E-state index is 0.214. The van der Waals surface area contributed by atoms with Crippen LogP contribution in [0.2, 0.25) is 0 Å². The van der Waals surface area contributed by atoms with Gasteiger partial charge in [0.15, 0.2) is 0 Å². The summed E-state index contributed by atoms with van der Waals surface area (Å²) < 4.78 is 32.0. The molecule has 8 heteroatoms. The van der Waals surface area contributed by atoms with E-state index in [-0.39, 0.29) is 10.8 Å². The average Bonchev–Trinajstić information content (AvgIpc) is 3.26. The van der Waals surface area contributed by atoms with Gasteiger partial charge in [0, 0.05) is 24.5 Å². The van der Waals surface area contributed by atoms with Crippen molar-refractivity contribution < 1.29 is 17.9 Å². The maximum Gasteiger partial charge on any atom is 0.246 e. The molecule has 1 saturated heterocycles. The lowest BCUT2D eigenvalue weighted by atomic mass is 10.2. The van der Waals surface area contributed by atoms with Crippen molar-refractivity contribution in [3.05, 3.63) is 48.5 Å². The second kappa shape index (κ2) is 9.28. The Labute approximate surface area is 172 Å². The van der Waals surface area contributed by atoms with Crippen molar-refractivity contribution in [1.29, 1.82) is 0 Å². The number of rotatable bonds is 8. The number of amides is 1. The summed E-state index contributed by atoms with van der Waals surface area (Å²) in [5, 5.41) is 5.94. The third-order valence-electron chi connectivity index (χ3n) is 4.77. The van der Waals surface area contributed by atoms with Gasteiger partial charge in [-0.3, -0.25) is 4.79 Å². The molecule has 1 fully saturated rings. The van der Waals surface area contributed by atoms with E-state index in [2.05, 4.69) is 10.6 Å². The Bertz CT molecular complexity index is 921. The molecule has 29 heavy (non-hydrogen) atoms. The molecule has 0 radical (unpaired) electrons. The molecule has 156 valence electrons. The van der Waals surface area contributed by atoms with Gasteiger partial charge in [-0.15, -0.1) is 0 Å². The quantitative estimate of drug-likeness (QED) is 0.688. The summed E-state index contributed by atoms with van der Waals surface area (Å²) in [5.41, 5.74) is 1.36. The van der Waals surface area contributed by atoms with Gasteiger partial charge in [0.25, 0.3) is 0 Å². The van der Waals surface area contributed by atoms with Gasteiger partial charge in [-0.2, -0.15) is 4.31 Å². The van der Waals surface area contributed by atoms with Crippen molar-refractivity contribution in [2.75, 3.05) is 30.3 Å². The molecule has 2 aromatic carbocycles. The van der Waals surface area contributed by atoms with E-state index in [0.29, 0.717) is 25.4 Å². The minimum Gasteiger partial charge on any atom is -0.494 e. The molecule has 0 aromatic heterocycles. The summed E-state index contributed by atoms with van der Waals surface area (Å²) in [5.74, 6) is 0.563. The van der Waals surface area contributed by atoms with E-state index >= 15 is 0 Å². The van der Waals surface area contributed by atoms with E-state index in [4.69, 9.17) is 4.74 Å². The van der Waals surface area contributed by atoms with Crippen molar-refractivity contribution in [2.45, 2.75) is 37.6 Å². The number of nitrogens with one attached hydrogen (secondary N) is 2. The van der Waals surface area contributed by atoms with Gasteiger partial charge in [0.05, 0.1) is 11.5 Å². The van der Waals surface area contributed by atoms with Gasteiger partial charge < -0.3 is 15.4 Å². The van der Waals surface area contributed by atoms with Crippen LogP contribution in [0.5, 0.6) is 5.75 Å². The second-order valence-corrected chi connectivity index (χ2v) is 8.89. The van der Waals surface area contributed by atoms with E-state index in [1.54, 1.807) is 19.1 Å². The van der Waals surface area contributed by atoms with Gasteiger partial charge >= 0.3 is 0 Å². The Morgan fingerprint density at radius 3 is 2.21 bits per heavy atom. The van der Waals surface area contributed by atoms with Crippen molar-refractivity contribution in [3.63, 3.8) is 0 Å². The van der Waals surface area contributed by atoms with Crippen molar-refractivity contribution >= 4 is 27.3 Å².